The summed E-state index contributed by atoms with van der Waals surface area (Å²) in [5, 5.41) is 4.71. The number of hydrogen-bond acceptors (Lipinski definition) is 6. The highest BCUT2D eigenvalue weighted by Gasteiger charge is 2.20. The summed E-state index contributed by atoms with van der Waals surface area (Å²) >= 11 is 4.07. The molecule has 0 aliphatic heterocycles. The Kier molecular flexibility index (Phi) is 11.0. The normalized spacial score (nSPS) is 13.0. The number of nitrogens with one attached hydrogen (secondary N) is 2. The van der Waals surface area contributed by atoms with E-state index >= 15 is 0 Å². The fourth-order valence-electron chi connectivity index (χ4n) is 3.54. The van der Waals surface area contributed by atoms with E-state index in [1.807, 2.05) is 23.5 Å². The Hall–Kier alpha value is -1.28. The fraction of sp³-hybridized carbons (Fsp3) is 0.727. The Morgan fingerprint density at radius 3 is 2.07 bits per heavy atom. The molecule has 0 aliphatic rings. The van der Waals surface area contributed by atoms with Gasteiger partial charge in [0.15, 0.2) is 0 Å². The molecule has 1 unspecified atom stereocenters. The summed E-state index contributed by atoms with van der Waals surface area (Å²) in [6.07, 6.45) is 10.5. The Bertz CT molecular complexity index is 821. The second-order valence-electron chi connectivity index (χ2n) is 8.86. The number of H-pyrrole nitrogens is 2. The average molecular weight is 457 g/mol. The van der Waals surface area contributed by atoms with Crippen molar-refractivity contribution >= 4 is 23.5 Å². The van der Waals surface area contributed by atoms with Gasteiger partial charge in [-0.1, -0.05) is 20.8 Å². The number of aromatic nitrogens is 2. The highest BCUT2D eigenvalue weighted by Crippen LogP contribution is 2.27. The van der Waals surface area contributed by atoms with Crippen LogP contribution < -0.4 is 11.1 Å². The Labute approximate surface area is 187 Å². The van der Waals surface area contributed by atoms with E-state index in [1.54, 1.807) is 0 Å². The van der Waals surface area contributed by atoms with E-state index in [9.17, 15) is 9.59 Å². The van der Waals surface area contributed by atoms with Crippen molar-refractivity contribution in [2.45, 2.75) is 65.7 Å². The maximum Gasteiger partial charge on any atom is 0.283 e. The summed E-state index contributed by atoms with van der Waals surface area (Å²) in [6.45, 7) is 6.63. The lowest BCUT2D eigenvalue weighted by molar-refractivity contribution is 0.328. The van der Waals surface area contributed by atoms with E-state index in [4.69, 9.17) is 9.05 Å². The van der Waals surface area contributed by atoms with E-state index in [0.29, 0.717) is 5.92 Å². The maximum atomic E-state index is 11.6. The largest absolute Gasteiger partial charge is 0.387 e. The van der Waals surface area contributed by atoms with Crippen molar-refractivity contribution in [1.82, 2.24) is 10.3 Å². The molecule has 0 saturated carbocycles. The molecule has 2 N–H and O–H groups in total. The molecule has 2 aromatic rings. The van der Waals surface area contributed by atoms with Gasteiger partial charge in [-0.2, -0.15) is 33.8 Å². The van der Waals surface area contributed by atoms with Gasteiger partial charge in [-0.25, -0.2) is 0 Å². The summed E-state index contributed by atoms with van der Waals surface area (Å²) in [5.74, 6) is 5.32. The zero-order chi connectivity index (χ0) is 21.8. The van der Waals surface area contributed by atoms with Crippen LogP contribution in [0.5, 0.6) is 0 Å². The molecule has 170 valence electrons. The topological polar surface area (TPSA) is 92.0 Å². The molecule has 1 atom stereocenters. The average Bonchev–Trinajstić information content (AvgIpc) is 3.27. The second-order valence-corrected chi connectivity index (χ2v) is 11.3. The van der Waals surface area contributed by atoms with Gasteiger partial charge in [-0.15, -0.1) is 0 Å². The van der Waals surface area contributed by atoms with Crippen molar-refractivity contribution in [2.75, 3.05) is 23.0 Å². The Morgan fingerprint density at radius 2 is 1.47 bits per heavy atom. The zero-order valence-corrected chi connectivity index (χ0v) is 20.1. The first-order valence-electron chi connectivity index (χ1n) is 10.8. The second kappa shape index (κ2) is 13.2. The Balaban J connectivity index is 1.40. The van der Waals surface area contributed by atoms with Gasteiger partial charge in [0.25, 0.3) is 11.1 Å². The van der Waals surface area contributed by atoms with Gasteiger partial charge in [0.2, 0.25) is 0 Å². The molecule has 0 aromatic carbocycles. The summed E-state index contributed by atoms with van der Waals surface area (Å²) in [5.41, 5.74) is 1.43. The van der Waals surface area contributed by atoms with Gasteiger partial charge in [-0.05, 0) is 79.3 Å². The molecular weight excluding hydrogens is 420 g/mol. The first kappa shape index (κ1) is 25.0. The lowest BCUT2D eigenvalue weighted by Gasteiger charge is -2.23. The van der Waals surface area contributed by atoms with Gasteiger partial charge in [0.1, 0.15) is 12.5 Å². The highest BCUT2D eigenvalue weighted by atomic mass is 32.2. The van der Waals surface area contributed by atoms with Gasteiger partial charge < -0.3 is 9.05 Å². The lowest BCUT2D eigenvalue weighted by Crippen LogP contribution is -2.19. The minimum absolute atomic E-state index is 0.0921. The number of rotatable bonds is 16. The predicted molar refractivity (Wildman–Crippen MR) is 127 cm³/mol. The molecule has 6 nitrogen and oxygen atoms in total. The van der Waals surface area contributed by atoms with Gasteiger partial charge >= 0.3 is 0 Å². The molecule has 0 amide bonds. The number of hydrogen-bond donors (Lipinski definition) is 2. The predicted octanol–water partition coefficient (Wildman–Crippen LogP) is 5.11. The van der Waals surface area contributed by atoms with Crippen molar-refractivity contribution < 1.29 is 9.05 Å². The van der Waals surface area contributed by atoms with Gasteiger partial charge in [0.05, 0.1) is 11.1 Å². The van der Waals surface area contributed by atoms with Crippen molar-refractivity contribution in [1.29, 1.82) is 0 Å². The van der Waals surface area contributed by atoms with Crippen molar-refractivity contribution in [3.8, 4) is 0 Å². The van der Waals surface area contributed by atoms with Crippen LogP contribution in [0.4, 0.5) is 0 Å². The molecule has 2 aromatic heterocycles. The number of aromatic amines is 2. The smallest absolute Gasteiger partial charge is 0.283 e. The van der Waals surface area contributed by atoms with Crippen LogP contribution in [0.15, 0.2) is 31.2 Å². The molecule has 0 fully saturated rings. The quantitative estimate of drug-likeness (QED) is 0.341. The Morgan fingerprint density at radius 1 is 0.900 bits per heavy atom. The fourth-order valence-corrected chi connectivity index (χ4v) is 5.55. The van der Waals surface area contributed by atoms with E-state index in [0.717, 1.165) is 36.8 Å². The first-order chi connectivity index (χ1) is 14.4. The minimum Gasteiger partial charge on any atom is -0.387 e. The van der Waals surface area contributed by atoms with E-state index in [1.165, 1.54) is 54.8 Å². The third-order valence-corrected chi connectivity index (χ3v) is 7.54. The summed E-state index contributed by atoms with van der Waals surface area (Å²) in [7, 11) is 0. The van der Waals surface area contributed by atoms with Crippen LogP contribution in [0.3, 0.4) is 0 Å². The van der Waals surface area contributed by atoms with E-state index in [-0.39, 0.29) is 16.5 Å². The monoisotopic (exact) mass is 456 g/mol. The molecule has 30 heavy (non-hydrogen) atoms. The van der Waals surface area contributed by atoms with Crippen LogP contribution >= 0.6 is 23.5 Å². The third-order valence-electron chi connectivity index (χ3n) is 5.23. The van der Waals surface area contributed by atoms with Crippen molar-refractivity contribution in [3.63, 3.8) is 0 Å². The molecule has 0 saturated heterocycles. The van der Waals surface area contributed by atoms with Gasteiger partial charge in [-0.3, -0.25) is 9.59 Å². The molecule has 0 aliphatic carbocycles. The molecular formula is C22H36N2O4S2. The lowest BCUT2D eigenvalue weighted by atomic mass is 9.82. The molecule has 0 bridgehead atoms. The SMILES string of the molecule is CC(CCCSCCCSCCCC(C)(C)Cc1co[nH]c1=O)Cc1co[nH]c1=O. The van der Waals surface area contributed by atoms with E-state index < -0.39 is 0 Å². The van der Waals surface area contributed by atoms with E-state index in [2.05, 4.69) is 31.1 Å². The van der Waals surface area contributed by atoms with Gasteiger partial charge in [0, 0.05) is 0 Å². The molecule has 2 heterocycles. The highest BCUT2D eigenvalue weighted by molar-refractivity contribution is 8.00. The third kappa shape index (κ3) is 9.69. The zero-order valence-electron chi connectivity index (χ0n) is 18.5. The molecule has 0 radical (unpaired) electrons. The molecule has 0 spiro atoms. The first-order valence-corrected chi connectivity index (χ1v) is 13.1. The maximum absolute atomic E-state index is 11.6. The van der Waals surface area contributed by atoms with Crippen LogP contribution in [0.25, 0.3) is 0 Å². The molecule has 2 rings (SSSR count). The van der Waals surface area contributed by atoms with Crippen LogP contribution in [0.2, 0.25) is 0 Å². The number of thioether (sulfide) groups is 2. The van der Waals surface area contributed by atoms with Crippen LogP contribution in [-0.2, 0) is 12.8 Å². The summed E-state index contributed by atoms with van der Waals surface area (Å²) in [6, 6.07) is 0. The van der Waals surface area contributed by atoms with Crippen molar-refractivity contribution in [2.24, 2.45) is 11.3 Å². The minimum atomic E-state index is -0.0994. The standard InChI is InChI=1S/C22H36N2O4S2/c1-17(13-18-15-27-23-20(18)25)7-4-9-29-11-6-12-30-10-5-8-22(2,3)14-19-16-28-24-21(19)26/h15-17H,4-14H2,1-3H3,(H,23,25)(H,24,26). The van der Waals surface area contributed by atoms with Crippen LogP contribution in [-0.4, -0.2) is 33.3 Å². The van der Waals surface area contributed by atoms with Crippen molar-refractivity contribution in [3.05, 3.63) is 44.4 Å². The molecule has 8 heteroatoms. The van der Waals surface area contributed by atoms with Crippen LogP contribution in [0, 0.1) is 11.3 Å². The van der Waals surface area contributed by atoms with Crippen LogP contribution in [0.1, 0.15) is 64.0 Å². The summed E-state index contributed by atoms with van der Waals surface area (Å²) < 4.78 is 9.71. The summed E-state index contributed by atoms with van der Waals surface area (Å²) in [4.78, 5) is 23.0.